The summed E-state index contributed by atoms with van der Waals surface area (Å²) in [5, 5.41) is 10.4. The largest absolute Gasteiger partial charge is 0.489 e. The molecule has 1 heterocycles. The van der Waals surface area contributed by atoms with Gasteiger partial charge in [-0.3, -0.25) is 0 Å². The second kappa shape index (κ2) is 9.62. The zero-order valence-electron chi connectivity index (χ0n) is 15.1. The molecule has 0 saturated carbocycles. The molecule has 0 aliphatic carbocycles. The summed E-state index contributed by atoms with van der Waals surface area (Å²) in [6, 6.07) is 10.2. The maximum atomic E-state index is 11.3. The van der Waals surface area contributed by atoms with Crippen molar-refractivity contribution in [3.05, 3.63) is 81.9 Å². The van der Waals surface area contributed by atoms with Crippen molar-refractivity contribution in [1.82, 2.24) is 9.55 Å². The highest BCUT2D eigenvalue weighted by atomic mass is 35.5. The quantitative estimate of drug-likeness (QED) is 0.466. The maximum Gasteiger partial charge on any atom is 0.335 e. The van der Waals surface area contributed by atoms with Crippen LogP contribution in [0, 0.1) is 0 Å². The van der Waals surface area contributed by atoms with Crippen LogP contribution in [-0.4, -0.2) is 20.6 Å². The highest BCUT2D eigenvalue weighted by molar-refractivity contribution is 6.35. The topological polar surface area (TPSA) is 64.3 Å². The monoisotopic (exact) mass is 418 g/mol. The van der Waals surface area contributed by atoms with E-state index in [0.717, 1.165) is 36.9 Å². The zero-order valence-corrected chi connectivity index (χ0v) is 16.7. The van der Waals surface area contributed by atoms with Crippen LogP contribution in [0.25, 0.3) is 0 Å². The predicted octanol–water partition coefficient (Wildman–Crippen LogP) is 5.49. The highest BCUT2D eigenvalue weighted by Gasteiger charge is 2.11. The van der Waals surface area contributed by atoms with Gasteiger partial charge in [-0.15, -0.1) is 0 Å². The molecule has 1 N–H and O–H groups in total. The number of rotatable bonds is 9. The molecule has 146 valence electrons. The molecule has 0 radical (unpaired) electrons. The molecule has 0 atom stereocenters. The Hall–Kier alpha value is -2.50. The van der Waals surface area contributed by atoms with Gasteiger partial charge in [0.15, 0.2) is 0 Å². The van der Waals surface area contributed by atoms with Gasteiger partial charge in [0, 0.05) is 34.5 Å². The van der Waals surface area contributed by atoms with E-state index in [0.29, 0.717) is 15.8 Å². The summed E-state index contributed by atoms with van der Waals surface area (Å²) in [6.45, 7) is 1.13. The van der Waals surface area contributed by atoms with Gasteiger partial charge in [-0.2, -0.15) is 0 Å². The minimum absolute atomic E-state index is 0.194. The molecule has 7 heteroatoms. The first-order valence-electron chi connectivity index (χ1n) is 8.91. The molecule has 1 aromatic heterocycles. The van der Waals surface area contributed by atoms with Crippen LogP contribution >= 0.6 is 23.2 Å². The molecule has 0 aliphatic heterocycles. The van der Waals surface area contributed by atoms with Crippen molar-refractivity contribution in [3.8, 4) is 5.75 Å². The number of hydrogen-bond acceptors (Lipinski definition) is 3. The second-order valence-corrected chi connectivity index (χ2v) is 7.25. The first kappa shape index (κ1) is 20.2. The van der Waals surface area contributed by atoms with E-state index in [2.05, 4.69) is 4.98 Å². The molecule has 0 aliphatic rings. The Kier molecular flexibility index (Phi) is 6.95. The van der Waals surface area contributed by atoms with Gasteiger partial charge >= 0.3 is 5.97 Å². The molecule has 0 unspecified atom stereocenters. The number of aryl methyl sites for hydroxylation is 2. The van der Waals surface area contributed by atoms with Crippen LogP contribution in [0.2, 0.25) is 10.0 Å². The molecule has 0 fully saturated rings. The fraction of sp³-hybridized carbons (Fsp3) is 0.238. The number of carboxylic acid groups (broad SMARTS) is 1. The fourth-order valence-electron chi connectivity index (χ4n) is 2.85. The minimum Gasteiger partial charge on any atom is -0.489 e. The zero-order chi connectivity index (χ0) is 19.9. The van der Waals surface area contributed by atoms with E-state index in [4.69, 9.17) is 27.9 Å². The van der Waals surface area contributed by atoms with E-state index in [-0.39, 0.29) is 12.2 Å². The second-order valence-electron chi connectivity index (χ2n) is 6.41. The van der Waals surface area contributed by atoms with Gasteiger partial charge in [-0.1, -0.05) is 35.3 Å². The minimum atomic E-state index is -0.985. The van der Waals surface area contributed by atoms with Gasteiger partial charge in [0.1, 0.15) is 12.4 Å². The Morgan fingerprint density at radius 1 is 1.11 bits per heavy atom. The van der Waals surface area contributed by atoms with Crippen molar-refractivity contribution in [2.24, 2.45) is 0 Å². The van der Waals surface area contributed by atoms with E-state index >= 15 is 0 Å². The average Bonchev–Trinajstić information content (AvgIpc) is 3.18. The molecule has 5 nitrogen and oxygen atoms in total. The SMILES string of the molecule is O=C(O)c1ccc(CCCCn2ccnc2)c(OCc2ccc(Cl)cc2Cl)c1. The number of halogens is 2. The summed E-state index contributed by atoms with van der Waals surface area (Å²) in [4.78, 5) is 15.4. The number of benzene rings is 2. The number of imidazole rings is 1. The first-order chi connectivity index (χ1) is 13.5. The summed E-state index contributed by atoms with van der Waals surface area (Å²) >= 11 is 12.1. The lowest BCUT2D eigenvalue weighted by molar-refractivity contribution is 0.0696. The number of nitrogens with zero attached hydrogens (tertiary/aromatic N) is 2. The summed E-state index contributed by atoms with van der Waals surface area (Å²) in [5.74, 6) is -0.422. The van der Waals surface area contributed by atoms with Crippen LogP contribution in [-0.2, 0) is 19.6 Å². The van der Waals surface area contributed by atoms with Gasteiger partial charge in [-0.25, -0.2) is 9.78 Å². The van der Waals surface area contributed by atoms with Crippen LogP contribution in [0.4, 0.5) is 0 Å². The van der Waals surface area contributed by atoms with Gasteiger partial charge in [0.05, 0.1) is 11.9 Å². The Balaban J connectivity index is 1.67. The smallest absolute Gasteiger partial charge is 0.335 e. The van der Waals surface area contributed by atoms with Gasteiger partial charge in [0.2, 0.25) is 0 Å². The van der Waals surface area contributed by atoms with E-state index in [1.807, 2.05) is 16.8 Å². The number of aromatic carboxylic acids is 1. The van der Waals surface area contributed by atoms with Crippen molar-refractivity contribution in [2.75, 3.05) is 0 Å². The number of unbranched alkanes of at least 4 members (excludes halogenated alkanes) is 1. The first-order valence-corrected chi connectivity index (χ1v) is 9.67. The van der Waals surface area contributed by atoms with Crippen molar-refractivity contribution >= 4 is 29.2 Å². The molecule has 3 rings (SSSR count). The number of carboxylic acids is 1. The highest BCUT2D eigenvalue weighted by Crippen LogP contribution is 2.26. The normalized spacial score (nSPS) is 10.8. The van der Waals surface area contributed by atoms with Crippen LogP contribution in [0.1, 0.15) is 34.3 Å². The lowest BCUT2D eigenvalue weighted by atomic mass is 10.0. The molecular weight excluding hydrogens is 399 g/mol. The molecule has 0 amide bonds. The lowest BCUT2D eigenvalue weighted by Gasteiger charge is -2.14. The Bertz CT molecular complexity index is 943. The molecular formula is C21H20Cl2N2O3. The van der Waals surface area contributed by atoms with Crippen molar-refractivity contribution in [1.29, 1.82) is 0 Å². The van der Waals surface area contributed by atoms with E-state index in [1.165, 1.54) is 0 Å². The number of carbonyl (C=O) groups is 1. The van der Waals surface area contributed by atoms with Crippen LogP contribution in [0.15, 0.2) is 55.1 Å². The number of aromatic nitrogens is 2. The summed E-state index contributed by atoms with van der Waals surface area (Å²) in [5.41, 5.74) is 1.96. The third-order valence-corrected chi connectivity index (χ3v) is 4.97. The standard InChI is InChI=1S/C21H20Cl2N2O3/c22-18-7-6-17(19(23)12-18)13-28-20-11-16(21(26)27)5-4-15(20)3-1-2-9-25-10-8-24-14-25/h4-8,10-12,14H,1-3,9,13H2,(H,26,27). The van der Waals surface area contributed by atoms with Crippen LogP contribution in [0.3, 0.4) is 0 Å². The summed E-state index contributed by atoms with van der Waals surface area (Å²) in [6.07, 6.45) is 8.22. The van der Waals surface area contributed by atoms with Crippen molar-refractivity contribution in [3.63, 3.8) is 0 Å². The average molecular weight is 419 g/mol. The van der Waals surface area contributed by atoms with Crippen molar-refractivity contribution < 1.29 is 14.6 Å². The molecule has 28 heavy (non-hydrogen) atoms. The van der Waals surface area contributed by atoms with Gasteiger partial charge < -0.3 is 14.4 Å². The maximum absolute atomic E-state index is 11.3. The number of ether oxygens (including phenoxy) is 1. The predicted molar refractivity (Wildman–Crippen MR) is 109 cm³/mol. The van der Waals surface area contributed by atoms with E-state index in [1.54, 1.807) is 42.9 Å². The lowest BCUT2D eigenvalue weighted by Crippen LogP contribution is -2.03. The van der Waals surface area contributed by atoms with Crippen LogP contribution < -0.4 is 4.74 Å². The fourth-order valence-corrected chi connectivity index (χ4v) is 3.31. The summed E-state index contributed by atoms with van der Waals surface area (Å²) in [7, 11) is 0. The third-order valence-electron chi connectivity index (χ3n) is 4.38. The van der Waals surface area contributed by atoms with E-state index in [9.17, 15) is 9.90 Å². The summed E-state index contributed by atoms with van der Waals surface area (Å²) < 4.78 is 7.97. The molecule has 0 saturated heterocycles. The van der Waals surface area contributed by atoms with Gasteiger partial charge in [-0.05, 0) is 49.1 Å². The Morgan fingerprint density at radius 3 is 2.64 bits per heavy atom. The van der Waals surface area contributed by atoms with Crippen LogP contribution in [0.5, 0.6) is 5.75 Å². The third kappa shape index (κ3) is 5.50. The molecule has 3 aromatic rings. The van der Waals surface area contributed by atoms with Gasteiger partial charge in [0.25, 0.3) is 0 Å². The number of hydrogen-bond donors (Lipinski definition) is 1. The Labute approximate surface area is 173 Å². The molecule has 0 spiro atoms. The molecule has 2 aromatic carbocycles. The Morgan fingerprint density at radius 2 is 1.93 bits per heavy atom. The molecule has 0 bridgehead atoms. The van der Waals surface area contributed by atoms with Crippen molar-refractivity contribution in [2.45, 2.75) is 32.4 Å². The van der Waals surface area contributed by atoms with E-state index < -0.39 is 5.97 Å².